The summed E-state index contributed by atoms with van der Waals surface area (Å²) in [5.74, 6) is -0.302. The summed E-state index contributed by atoms with van der Waals surface area (Å²) in [6.07, 6.45) is 4.77. The number of carbonyl (C=O) groups is 1. The Morgan fingerprint density at radius 2 is 2.00 bits per heavy atom. The van der Waals surface area contributed by atoms with E-state index in [1.165, 1.54) is 6.33 Å². The predicted octanol–water partition coefficient (Wildman–Crippen LogP) is 1.78. The van der Waals surface area contributed by atoms with Crippen LogP contribution in [-0.2, 0) is 9.53 Å². The van der Waals surface area contributed by atoms with Crippen LogP contribution in [0.25, 0.3) is 0 Å². The Morgan fingerprint density at radius 3 is 2.47 bits per heavy atom. The maximum atomic E-state index is 11.7. The van der Waals surface area contributed by atoms with E-state index in [1.54, 1.807) is 19.3 Å². The number of nitrogens with zero attached hydrogens (tertiary/aromatic N) is 2. The molecule has 4 nitrogen and oxygen atoms in total. The first kappa shape index (κ1) is 11.6. The maximum Gasteiger partial charge on any atom is 0.313 e. The molecule has 0 amide bonds. The standard InChI is InChI=1S/C11H16N2O2/c1-4-15-11(14)10(8(2)3)9-5-12-7-13-6-9/h5-8,10H,4H2,1-3H3. The molecule has 1 unspecified atom stereocenters. The highest BCUT2D eigenvalue weighted by atomic mass is 16.5. The van der Waals surface area contributed by atoms with Crippen molar-refractivity contribution in [2.75, 3.05) is 6.61 Å². The molecule has 0 aliphatic heterocycles. The van der Waals surface area contributed by atoms with E-state index >= 15 is 0 Å². The van der Waals surface area contributed by atoms with Gasteiger partial charge in [-0.3, -0.25) is 4.79 Å². The van der Waals surface area contributed by atoms with Crippen LogP contribution in [0.15, 0.2) is 18.7 Å². The third-order valence-corrected chi connectivity index (χ3v) is 2.15. The lowest BCUT2D eigenvalue weighted by Crippen LogP contribution is -2.21. The molecule has 1 rings (SSSR count). The third-order valence-electron chi connectivity index (χ3n) is 2.15. The van der Waals surface area contributed by atoms with Gasteiger partial charge in [-0.15, -0.1) is 0 Å². The summed E-state index contributed by atoms with van der Waals surface area (Å²) in [5.41, 5.74) is 0.811. The minimum Gasteiger partial charge on any atom is -0.466 e. The lowest BCUT2D eigenvalue weighted by atomic mass is 9.90. The van der Waals surface area contributed by atoms with Crippen LogP contribution in [0.2, 0.25) is 0 Å². The molecule has 15 heavy (non-hydrogen) atoms. The van der Waals surface area contributed by atoms with Gasteiger partial charge in [0.15, 0.2) is 0 Å². The first-order valence-corrected chi connectivity index (χ1v) is 5.08. The van der Waals surface area contributed by atoms with Gasteiger partial charge in [0.1, 0.15) is 6.33 Å². The van der Waals surface area contributed by atoms with Crippen LogP contribution >= 0.6 is 0 Å². The highest BCUT2D eigenvalue weighted by Crippen LogP contribution is 2.24. The molecule has 0 aliphatic carbocycles. The number of ether oxygens (including phenoxy) is 1. The van der Waals surface area contributed by atoms with Crippen LogP contribution in [-0.4, -0.2) is 22.5 Å². The monoisotopic (exact) mass is 208 g/mol. The molecule has 1 heterocycles. The topological polar surface area (TPSA) is 52.1 Å². The molecule has 0 saturated carbocycles. The molecule has 0 aromatic carbocycles. The highest BCUT2D eigenvalue weighted by molar-refractivity contribution is 5.78. The summed E-state index contributed by atoms with van der Waals surface area (Å²) < 4.78 is 5.03. The van der Waals surface area contributed by atoms with Crippen LogP contribution in [0.3, 0.4) is 0 Å². The van der Waals surface area contributed by atoms with Gasteiger partial charge in [0.2, 0.25) is 0 Å². The lowest BCUT2D eigenvalue weighted by Gasteiger charge is -2.18. The number of aromatic nitrogens is 2. The normalized spacial score (nSPS) is 12.5. The van der Waals surface area contributed by atoms with Crippen LogP contribution in [0.5, 0.6) is 0 Å². The van der Waals surface area contributed by atoms with Crippen molar-refractivity contribution in [3.05, 3.63) is 24.3 Å². The van der Waals surface area contributed by atoms with E-state index in [-0.39, 0.29) is 17.8 Å². The van der Waals surface area contributed by atoms with Crippen molar-refractivity contribution < 1.29 is 9.53 Å². The summed E-state index contributed by atoms with van der Waals surface area (Å²) >= 11 is 0. The van der Waals surface area contributed by atoms with E-state index in [0.29, 0.717) is 6.61 Å². The Morgan fingerprint density at radius 1 is 1.40 bits per heavy atom. The van der Waals surface area contributed by atoms with Crippen molar-refractivity contribution >= 4 is 5.97 Å². The smallest absolute Gasteiger partial charge is 0.313 e. The van der Waals surface area contributed by atoms with Crippen LogP contribution in [0.4, 0.5) is 0 Å². The molecule has 0 N–H and O–H groups in total. The zero-order valence-corrected chi connectivity index (χ0v) is 9.30. The second-order valence-electron chi connectivity index (χ2n) is 3.65. The van der Waals surface area contributed by atoms with Gasteiger partial charge in [-0.25, -0.2) is 9.97 Å². The van der Waals surface area contributed by atoms with Gasteiger partial charge in [-0.05, 0) is 12.8 Å². The van der Waals surface area contributed by atoms with Crippen LogP contribution < -0.4 is 0 Å². The van der Waals surface area contributed by atoms with Gasteiger partial charge < -0.3 is 4.74 Å². The second-order valence-corrected chi connectivity index (χ2v) is 3.65. The molecule has 0 aliphatic rings. The van der Waals surface area contributed by atoms with Crippen molar-refractivity contribution in [3.63, 3.8) is 0 Å². The quantitative estimate of drug-likeness (QED) is 0.708. The Bertz CT molecular complexity index is 312. The minimum atomic E-state index is -0.272. The average molecular weight is 208 g/mol. The molecule has 82 valence electrons. The summed E-state index contributed by atoms with van der Waals surface area (Å²) in [6.45, 7) is 6.16. The molecular weight excluding hydrogens is 192 g/mol. The van der Waals surface area contributed by atoms with E-state index in [1.807, 2.05) is 13.8 Å². The summed E-state index contributed by atoms with van der Waals surface area (Å²) in [7, 11) is 0. The van der Waals surface area contributed by atoms with Gasteiger partial charge >= 0.3 is 5.97 Å². The Balaban J connectivity index is 2.88. The number of esters is 1. The van der Waals surface area contributed by atoms with Gasteiger partial charge in [-0.2, -0.15) is 0 Å². The fourth-order valence-electron chi connectivity index (χ4n) is 1.50. The van der Waals surface area contributed by atoms with E-state index in [0.717, 1.165) is 5.56 Å². The van der Waals surface area contributed by atoms with Crippen molar-refractivity contribution in [1.29, 1.82) is 0 Å². The predicted molar refractivity (Wildman–Crippen MR) is 56.2 cm³/mol. The molecule has 1 aromatic rings. The number of hydrogen-bond acceptors (Lipinski definition) is 4. The minimum absolute atomic E-state index is 0.176. The molecule has 0 bridgehead atoms. The molecule has 0 saturated heterocycles. The number of carbonyl (C=O) groups excluding carboxylic acids is 1. The largest absolute Gasteiger partial charge is 0.466 e. The SMILES string of the molecule is CCOC(=O)C(c1cncnc1)C(C)C. The molecule has 1 aromatic heterocycles. The molecule has 1 atom stereocenters. The van der Waals surface area contributed by atoms with Gasteiger partial charge in [0.05, 0.1) is 12.5 Å². The summed E-state index contributed by atoms with van der Waals surface area (Å²) in [4.78, 5) is 19.5. The van der Waals surface area contributed by atoms with Gasteiger partial charge in [0.25, 0.3) is 0 Å². The fraction of sp³-hybridized carbons (Fsp3) is 0.545. The highest BCUT2D eigenvalue weighted by Gasteiger charge is 2.25. The summed E-state index contributed by atoms with van der Waals surface area (Å²) in [6, 6.07) is 0. The zero-order valence-electron chi connectivity index (χ0n) is 9.30. The van der Waals surface area contributed by atoms with Crippen molar-refractivity contribution in [3.8, 4) is 0 Å². The summed E-state index contributed by atoms with van der Waals surface area (Å²) in [5, 5.41) is 0. The molecule has 0 fully saturated rings. The maximum absolute atomic E-state index is 11.7. The van der Waals surface area contributed by atoms with Crippen LogP contribution in [0, 0.1) is 5.92 Å². The average Bonchev–Trinajstić information content (AvgIpc) is 2.19. The lowest BCUT2D eigenvalue weighted by molar-refractivity contribution is -0.146. The molecule has 4 heteroatoms. The Hall–Kier alpha value is -1.45. The van der Waals surface area contributed by atoms with E-state index < -0.39 is 0 Å². The van der Waals surface area contributed by atoms with E-state index in [4.69, 9.17) is 4.74 Å². The van der Waals surface area contributed by atoms with Gasteiger partial charge in [0, 0.05) is 18.0 Å². The third kappa shape index (κ3) is 3.01. The number of rotatable bonds is 4. The first-order valence-electron chi connectivity index (χ1n) is 5.08. The van der Waals surface area contributed by atoms with Crippen molar-refractivity contribution in [1.82, 2.24) is 9.97 Å². The number of hydrogen-bond donors (Lipinski definition) is 0. The molecule has 0 spiro atoms. The Labute approximate surface area is 89.7 Å². The van der Waals surface area contributed by atoms with Gasteiger partial charge in [-0.1, -0.05) is 13.8 Å². The first-order chi connectivity index (χ1) is 7.16. The second kappa shape index (κ2) is 5.44. The van der Waals surface area contributed by atoms with Crippen molar-refractivity contribution in [2.45, 2.75) is 26.7 Å². The fourth-order valence-corrected chi connectivity index (χ4v) is 1.50. The van der Waals surface area contributed by atoms with Crippen LogP contribution in [0.1, 0.15) is 32.3 Å². The molecular formula is C11H16N2O2. The zero-order chi connectivity index (χ0) is 11.3. The van der Waals surface area contributed by atoms with E-state index in [2.05, 4.69) is 9.97 Å². The molecule has 0 radical (unpaired) electrons. The van der Waals surface area contributed by atoms with E-state index in [9.17, 15) is 4.79 Å². The van der Waals surface area contributed by atoms with Crippen molar-refractivity contribution in [2.24, 2.45) is 5.92 Å². The Kier molecular flexibility index (Phi) is 4.21.